The van der Waals surface area contributed by atoms with E-state index in [0.717, 1.165) is 22.5 Å². The molecule has 0 bridgehead atoms. The Bertz CT molecular complexity index is 824. The number of hydrogen-bond donors (Lipinski definition) is 1. The predicted octanol–water partition coefficient (Wildman–Crippen LogP) is 3.28. The summed E-state index contributed by atoms with van der Waals surface area (Å²) in [4.78, 5) is 18.3. The van der Waals surface area contributed by atoms with Crippen molar-refractivity contribution in [2.45, 2.75) is 32.7 Å². The van der Waals surface area contributed by atoms with Crippen molar-refractivity contribution in [3.05, 3.63) is 53.3 Å². The Morgan fingerprint density at radius 2 is 1.96 bits per heavy atom. The summed E-state index contributed by atoms with van der Waals surface area (Å²) in [5.41, 5.74) is 8.42. The molecule has 3 rings (SSSR count). The Labute approximate surface area is 155 Å². The molecule has 1 heterocycles. The summed E-state index contributed by atoms with van der Waals surface area (Å²) in [5, 5.41) is 0. The van der Waals surface area contributed by atoms with E-state index in [4.69, 9.17) is 10.5 Å². The summed E-state index contributed by atoms with van der Waals surface area (Å²) in [5.74, 6) is 1.99. The Morgan fingerprint density at radius 3 is 2.62 bits per heavy atom. The molecule has 1 aromatic carbocycles. The average molecular weight is 353 g/mol. The lowest BCUT2D eigenvalue weighted by Gasteiger charge is -2.34. The van der Waals surface area contributed by atoms with Crippen LogP contribution < -0.4 is 5.73 Å². The number of rotatable bonds is 3. The van der Waals surface area contributed by atoms with E-state index in [2.05, 4.69) is 43.1 Å². The first-order valence-electron chi connectivity index (χ1n) is 8.96. The van der Waals surface area contributed by atoms with E-state index >= 15 is 0 Å². The van der Waals surface area contributed by atoms with Gasteiger partial charge in [0.15, 0.2) is 5.96 Å². The molecule has 5 heteroatoms. The lowest BCUT2D eigenvalue weighted by Crippen LogP contribution is -2.47. The van der Waals surface area contributed by atoms with Crippen LogP contribution in [-0.2, 0) is 15.1 Å². The van der Waals surface area contributed by atoms with Gasteiger partial charge in [-0.2, -0.15) is 0 Å². The van der Waals surface area contributed by atoms with Crippen molar-refractivity contribution in [2.75, 3.05) is 14.2 Å². The standard InChI is InChI=1S/C21H27N3O2/c1-13-9-17(18(26-5)10-14(13)2)15-7-6-8-16(11-15)21(3)12-19(25)24(4)20(22)23-21/h6-11,13-14H,12H2,1-5H3,(H2,22,23). The van der Waals surface area contributed by atoms with Gasteiger partial charge in [0.2, 0.25) is 5.91 Å². The van der Waals surface area contributed by atoms with E-state index in [-0.39, 0.29) is 11.9 Å². The molecule has 2 aliphatic rings. The molecule has 1 aromatic rings. The van der Waals surface area contributed by atoms with Crippen LogP contribution in [0.5, 0.6) is 0 Å². The molecule has 3 unspecified atom stereocenters. The minimum absolute atomic E-state index is 0.0257. The van der Waals surface area contributed by atoms with Crippen molar-refractivity contribution in [2.24, 2.45) is 22.6 Å². The topological polar surface area (TPSA) is 67.9 Å². The molecule has 5 nitrogen and oxygen atoms in total. The van der Waals surface area contributed by atoms with Crippen LogP contribution in [0, 0.1) is 11.8 Å². The first kappa shape index (κ1) is 18.2. The van der Waals surface area contributed by atoms with Gasteiger partial charge < -0.3 is 10.5 Å². The van der Waals surface area contributed by atoms with E-state index < -0.39 is 5.54 Å². The van der Waals surface area contributed by atoms with Crippen LogP contribution in [0.15, 0.2) is 47.2 Å². The van der Waals surface area contributed by atoms with Crippen molar-refractivity contribution in [3.63, 3.8) is 0 Å². The number of nitrogens with two attached hydrogens (primary N) is 1. The summed E-state index contributed by atoms with van der Waals surface area (Å²) in [7, 11) is 3.36. The smallest absolute Gasteiger partial charge is 0.231 e. The molecule has 0 fully saturated rings. The van der Waals surface area contributed by atoms with Crippen LogP contribution in [0.3, 0.4) is 0 Å². The maximum Gasteiger partial charge on any atom is 0.231 e. The predicted molar refractivity (Wildman–Crippen MR) is 104 cm³/mol. The third kappa shape index (κ3) is 3.14. The zero-order valence-electron chi connectivity index (χ0n) is 16.1. The molecule has 0 aromatic heterocycles. The maximum atomic E-state index is 12.3. The number of allylic oxidation sites excluding steroid dienone is 3. The molecular formula is C21H27N3O2. The van der Waals surface area contributed by atoms with Crippen molar-refractivity contribution in [3.8, 4) is 0 Å². The molecule has 2 N–H and O–H groups in total. The largest absolute Gasteiger partial charge is 0.496 e. The summed E-state index contributed by atoms with van der Waals surface area (Å²) < 4.78 is 5.62. The molecule has 0 radical (unpaired) electrons. The van der Waals surface area contributed by atoms with Crippen LogP contribution in [0.4, 0.5) is 0 Å². The molecular weight excluding hydrogens is 326 g/mol. The second kappa shape index (κ2) is 6.63. The number of aliphatic imine (C=N–C) groups is 1. The Balaban J connectivity index is 2.03. The molecule has 0 saturated heterocycles. The number of nitrogens with zero attached hydrogens (tertiary/aromatic N) is 2. The maximum absolute atomic E-state index is 12.3. The van der Waals surface area contributed by atoms with Crippen LogP contribution in [0.1, 0.15) is 38.3 Å². The van der Waals surface area contributed by atoms with Gasteiger partial charge in [0.1, 0.15) is 5.76 Å². The van der Waals surface area contributed by atoms with Gasteiger partial charge in [0.05, 0.1) is 19.1 Å². The lowest BCUT2D eigenvalue weighted by atomic mass is 9.82. The number of carbonyl (C=O) groups excluding carboxylic acids is 1. The van der Waals surface area contributed by atoms with E-state index in [1.54, 1.807) is 14.2 Å². The zero-order valence-corrected chi connectivity index (χ0v) is 16.1. The molecule has 0 saturated carbocycles. The number of hydrogen-bond acceptors (Lipinski definition) is 4. The summed E-state index contributed by atoms with van der Waals surface area (Å²) in [6, 6.07) is 8.17. The molecule has 3 atom stereocenters. The van der Waals surface area contributed by atoms with Gasteiger partial charge >= 0.3 is 0 Å². The van der Waals surface area contributed by atoms with Gasteiger partial charge in [-0.25, -0.2) is 4.99 Å². The van der Waals surface area contributed by atoms with Crippen LogP contribution in [0.2, 0.25) is 0 Å². The van der Waals surface area contributed by atoms with Crippen molar-refractivity contribution < 1.29 is 9.53 Å². The molecule has 138 valence electrons. The van der Waals surface area contributed by atoms with Crippen LogP contribution >= 0.6 is 0 Å². The van der Waals surface area contributed by atoms with Gasteiger partial charge in [-0.3, -0.25) is 9.69 Å². The normalized spacial score (nSPS) is 29.0. The number of methoxy groups -OCH3 is 1. The Morgan fingerprint density at radius 1 is 1.27 bits per heavy atom. The quantitative estimate of drug-likeness (QED) is 0.907. The highest BCUT2D eigenvalue weighted by atomic mass is 16.5. The molecule has 1 aliphatic carbocycles. The number of benzene rings is 1. The third-order valence-corrected chi connectivity index (χ3v) is 5.53. The van der Waals surface area contributed by atoms with Crippen molar-refractivity contribution in [1.82, 2.24) is 4.90 Å². The fourth-order valence-electron chi connectivity index (χ4n) is 3.49. The van der Waals surface area contributed by atoms with Gasteiger partial charge in [0, 0.05) is 12.6 Å². The van der Waals surface area contributed by atoms with Crippen molar-refractivity contribution in [1.29, 1.82) is 0 Å². The zero-order chi connectivity index (χ0) is 19.1. The molecule has 1 aliphatic heterocycles. The highest BCUT2D eigenvalue weighted by Crippen LogP contribution is 2.37. The minimum atomic E-state index is -0.658. The lowest BCUT2D eigenvalue weighted by molar-refractivity contribution is -0.128. The van der Waals surface area contributed by atoms with Gasteiger partial charge in [-0.05, 0) is 42.0 Å². The first-order chi connectivity index (χ1) is 12.2. The van der Waals surface area contributed by atoms with Gasteiger partial charge in [0.25, 0.3) is 0 Å². The Kier molecular flexibility index (Phi) is 4.65. The van der Waals surface area contributed by atoms with E-state index in [1.165, 1.54) is 4.90 Å². The number of carbonyl (C=O) groups is 1. The summed E-state index contributed by atoms with van der Waals surface area (Å²) in [6.07, 6.45) is 4.72. The monoisotopic (exact) mass is 353 g/mol. The SMILES string of the molecule is COC1=CC(C)C(C)C=C1c1cccc(C2(C)CC(=O)N(C)C(N)=N2)c1. The summed E-state index contributed by atoms with van der Waals surface area (Å²) in [6.45, 7) is 6.35. The van der Waals surface area contributed by atoms with E-state index in [9.17, 15) is 4.79 Å². The van der Waals surface area contributed by atoms with Crippen molar-refractivity contribution >= 4 is 17.4 Å². The molecule has 0 spiro atoms. The summed E-state index contributed by atoms with van der Waals surface area (Å²) >= 11 is 0. The highest BCUT2D eigenvalue weighted by molar-refractivity contribution is 5.98. The highest BCUT2D eigenvalue weighted by Gasteiger charge is 2.36. The number of ether oxygens (including phenoxy) is 1. The second-order valence-corrected chi connectivity index (χ2v) is 7.49. The number of guanidine groups is 1. The van der Waals surface area contributed by atoms with E-state index in [0.29, 0.717) is 18.3 Å². The van der Waals surface area contributed by atoms with Crippen LogP contribution in [0.25, 0.3) is 5.57 Å². The fourth-order valence-corrected chi connectivity index (χ4v) is 3.49. The molecule has 1 amide bonds. The average Bonchev–Trinajstić information content (AvgIpc) is 2.61. The minimum Gasteiger partial charge on any atom is -0.496 e. The van der Waals surface area contributed by atoms with Gasteiger partial charge in [-0.15, -0.1) is 0 Å². The van der Waals surface area contributed by atoms with Gasteiger partial charge in [-0.1, -0.05) is 38.1 Å². The number of amides is 1. The fraction of sp³-hybridized carbons (Fsp3) is 0.429. The van der Waals surface area contributed by atoms with E-state index in [1.807, 2.05) is 19.1 Å². The Hall–Kier alpha value is -2.56. The second-order valence-electron chi connectivity index (χ2n) is 7.49. The first-order valence-corrected chi connectivity index (χ1v) is 8.96. The molecule has 26 heavy (non-hydrogen) atoms. The third-order valence-electron chi connectivity index (χ3n) is 5.53. The van der Waals surface area contributed by atoms with Crippen LogP contribution in [-0.4, -0.2) is 30.9 Å².